The highest BCUT2D eigenvalue weighted by atomic mass is 16.5. The van der Waals surface area contributed by atoms with Gasteiger partial charge in [0.25, 0.3) is 0 Å². The molecule has 0 heterocycles. The van der Waals surface area contributed by atoms with Gasteiger partial charge in [0.1, 0.15) is 6.61 Å². The zero-order chi connectivity index (χ0) is 12.8. The molecule has 0 rings (SSSR count). The molecule has 0 aliphatic rings. The third kappa shape index (κ3) is 8.68. The highest BCUT2D eigenvalue weighted by Gasteiger charge is 2.12. The zero-order valence-corrected chi connectivity index (χ0v) is 11.5. The van der Waals surface area contributed by atoms with Crippen LogP contribution in [0.4, 0.5) is 0 Å². The Kier molecular flexibility index (Phi) is 6.60. The lowest BCUT2D eigenvalue weighted by molar-refractivity contribution is -0.130. The van der Waals surface area contributed by atoms with Crippen LogP contribution in [0.15, 0.2) is 0 Å². The molecular weight excluding hydrogens is 204 g/mol. The van der Waals surface area contributed by atoms with Crippen molar-refractivity contribution in [1.82, 2.24) is 10.2 Å². The van der Waals surface area contributed by atoms with Gasteiger partial charge < -0.3 is 15.0 Å². The van der Waals surface area contributed by atoms with E-state index in [2.05, 4.69) is 24.1 Å². The Morgan fingerprint density at radius 1 is 1.38 bits per heavy atom. The van der Waals surface area contributed by atoms with Crippen LogP contribution in [0, 0.1) is 0 Å². The van der Waals surface area contributed by atoms with E-state index < -0.39 is 0 Å². The fourth-order valence-electron chi connectivity index (χ4n) is 0.963. The second kappa shape index (κ2) is 6.86. The van der Waals surface area contributed by atoms with Crippen LogP contribution in [-0.4, -0.2) is 49.2 Å². The molecule has 0 radical (unpaired) electrons. The van der Waals surface area contributed by atoms with Gasteiger partial charge in [0.2, 0.25) is 5.91 Å². The van der Waals surface area contributed by atoms with Crippen molar-refractivity contribution in [3.63, 3.8) is 0 Å². The molecule has 0 aromatic heterocycles. The Morgan fingerprint density at radius 3 is 2.38 bits per heavy atom. The van der Waals surface area contributed by atoms with Gasteiger partial charge in [-0.15, -0.1) is 0 Å². The second-order valence-electron chi connectivity index (χ2n) is 5.33. The molecule has 96 valence electrons. The molecular formula is C12H26N2O2. The molecule has 0 atom stereocenters. The molecule has 1 N–H and O–H groups in total. The van der Waals surface area contributed by atoms with Gasteiger partial charge in [0.05, 0.1) is 5.60 Å². The van der Waals surface area contributed by atoms with Crippen LogP contribution in [-0.2, 0) is 9.53 Å². The summed E-state index contributed by atoms with van der Waals surface area (Å²) in [6.07, 6.45) is 0. The Labute approximate surface area is 99.3 Å². The van der Waals surface area contributed by atoms with Crippen molar-refractivity contribution in [1.29, 1.82) is 0 Å². The third-order valence-electron chi connectivity index (χ3n) is 2.30. The highest BCUT2D eigenvalue weighted by Crippen LogP contribution is 2.05. The number of carbonyl (C=O) groups excluding carboxylic acids is 1. The smallest absolute Gasteiger partial charge is 0.246 e. The number of amides is 1. The monoisotopic (exact) mass is 230 g/mol. The van der Waals surface area contributed by atoms with Gasteiger partial charge in [0, 0.05) is 19.1 Å². The fraction of sp³-hybridized carbons (Fsp3) is 0.917. The predicted octanol–water partition coefficient (Wildman–Crippen LogP) is 1.26. The summed E-state index contributed by atoms with van der Waals surface area (Å²) in [6, 6.07) is 0.503. The lowest BCUT2D eigenvalue weighted by atomic mass is 10.2. The number of nitrogens with zero attached hydrogens (tertiary/aromatic N) is 1. The van der Waals surface area contributed by atoms with E-state index in [0.717, 1.165) is 6.54 Å². The Balaban J connectivity index is 3.59. The largest absolute Gasteiger partial charge is 0.366 e. The van der Waals surface area contributed by atoms with Gasteiger partial charge >= 0.3 is 0 Å². The summed E-state index contributed by atoms with van der Waals surface area (Å²) in [6.45, 7) is 11.7. The SMILES string of the molecule is CC(C)N(C)CCNC(=O)COC(C)(C)C. The van der Waals surface area contributed by atoms with Crippen molar-refractivity contribution in [2.75, 3.05) is 26.7 Å². The molecule has 16 heavy (non-hydrogen) atoms. The van der Waals surface area contributed by atoms with Gasteiger partial charge in [-0.05, 0) is 41.7 Å². The summed E-state index contributed by atoms with van der Waals surface area (Å²) in [7, 11) is 2.04. The van der Waals surface area contributed by atoms with Crippen molar-refractivity contribution >= 4 is 5.91 Å². The van der Waals surface area contributed by atoms with Crippen LogP contribution in [0.25, 0.3) is 0 Å². The van der Waals surface area contributed by atoms with Gasteiger partial charge in [-0.2, -0.15) is 0 Å². The first-order valence-electron chi connectivity index (χ1n) is 5.83. The molecule has 0 spiro atoms. The lowest BCUT2D eigenvalue weighted by Gasteiger charge is -2.22. The first-order valence-corrected chi connectivity index (χ1v) is 5.83. The minimum absolute atomic E-state index is 0.0490. The van der Waals surface area contributed by atoms with E-state index in [-0.39, 0.29) is 18.1 Å². The Morgan fingerprint density at radius 2 is 1.94 bits per heavy atom. The van der Waals surface area contributed by atoms with E-state index in [1.54, 1.807) is 0 Å². The molecule has 0 fully saturated rings. The Bertz CT molecular complexity index is 210. The minimum atomic E-state index is -0.258. The van der Waals surface area contributed by atoms with Crippen molar-refractivity contribution in [3.05, 3.63) is 0 Å². The molecule has 0 saturated heterocycles. The molecule has 0 saturated carbocycles. The molecule has 0 aliphatic carbocycles. The Hall–Kier alpha value is -0.610. The van der Waals surface area contributed by atoms with E-state index in [0.29, 0.717) is 12.6 Å². The summed E-state index contributed by atoms with van der Waals surface area (Å²) in [4.78, 5) is 13.6. The lowest BCUT2D eigenvalue weighted by Crippen LogP contribution is -2.38. The molecule has 0 aliphatic heterocycles. The summed E-state index contributed by atoms with van der Waals surface area (Å²) >= 11 is 0. The number of nitrogens with one attached hydrogen (secondary N) is 1. The second-order valence-corrected chi connectivity index (χ2v) is 5.33. The summed E-state index contributed by atoms with van der Waals surface area (Å²) in [5, 5.41) is 2.84. The zero-order valence-electron chi connectivity index (χ0n) is 11.5. The molecule has 0 aromatic carbocycles. The van der Waals surface area contributed by atoms with Crippen LogP contribution in [0.3, 0.4) is 0 Å². The molecule has 0 aromatic rings. The number of ether oxygens (including phenoxy) is 1. The van der Waals surface area contributed by atoms with Crippen LogP contribution >= 0.6 is 0 Å². The van der Waals surface area contributed by atoms with E-state index >= 15 is 0 Å². The number of rotatable bonds is 6. The molecule has 4 heteroatoms. The third-order valence-corrected chi connectivity index (χ3v) is 2.30. The highest BCUT2D eigenvalue weighted by molar-refractivity contribution is 5.77. The summed E-state index contributed by atoms with van der Waals surface area (Å²) in [5.74, 6) is -0.0490. The molecule has 1 amide bonds. The van der Waals surface area contributed by atoms with Gasteiger partial charge in [-0.3, -0.25) is 4.79 Å². The maximum absolute atomic E-state index is 11.4. The first kappa shape index (κ1) is 15.4. The predicted molar refractivity (Wildman–Crippen MR) is 66.5 cm³/mol. The van der Waals surface area contributed by atoms with Gasteiger partial charge in [-0.25, -0.2) is 0 Å². The molecule has 0 bridgehead atoms. The van der Waals surface area contributed by atoms with Crippen molar-refractivity contribution < 1.29 is 9.53 Å². The van der Waals surface area contributed by atoms with Crippen molar-refractivity contribution in [3.8, 4) is 0 Å². The van der Waals surface area contributed by atoms with Crippen LogP contribution in [0.1, 0.15) is 34.6 Å². The van der Waals surface area contributed by atoms with Gasteiger partial charge in [-0.1, -0.05) is 0 Å². The van der Waals surface area contributed by atoms with Crippen LogP contribution in [0.5, 0.6) is 0 Å². The van der Waals surface area contributed by atoms with E-state index in [9.17, 15) is 4.79 Å². The molecule has 4 nitrogen and oxygen atoms in total. The topological polar surface area (TPSA) is 41.6 Å². The van der Waals surface area contributed by atoms with Crippen LogP contribution in [0.2, 0.25) is 0 Å². The normalized spacial score (nSPS) is 12.2. The maximum atomic E-state index is 11.4. The number of hydrogen-bond donors (Lipinski definition) is 1. The van der Waals surface area contributed by atoms with Crippen LogP contribution < -0.4 is 5.32 Å². The summed E-state index contributed by atoms with van der Waals surface area (Å²) < 4.78 is 5.37. The van der Waals surface area contributed by atoms with E-state index in [1.165, 1.54) is 0 Å². The maximum Gasteiger partial charge on any atom is 0.246 e. The quantitative estimate of drug-likeness (QED) is 0.747. The minimum Gasteiger partial charge on any atom is -0.366 e. The summed E-state index contributed by atoms with van der Waals surface area (Å²) in [5.41, 5.74) is -0.258. The van der Waals surface area contributed by atoms with E-state index in [4.69, 9.17) is 4.74 Å². The standard InChI is InChI=1S/C12H26N2O2/c1-10(2)14(6)8-7-13-11(15)9-16-12(3,4)5/h10H,7-9H2,1-6H3,(H,13,15). The average molecular weight is 230 g/mol. The van der Waals surface area contributed by atoms with Crippen molar-refractivity contribution in [2.24, 2.45) is 0 Å². The average Bonchev–Trinajstić information content (AvgIpc) is 2.13. The first-order chi connectivity index (χ1) is 7.22. The van der Waals surface area contributed by atoms with Gasteiger partial charge in [0.15, 0.2) is 0 Å². The number of hydrogen-bond acceptors (Lipinski definition) is 3. The van der Waals surface area contributed by atoms with Crippen molar-refractivity contribution in [2.45, 2.75) is 46.3 Å². The fourth-order valence-corrected chi connectivity index (χ4v) is 0.963. The number of carbonyl (C=O) groups is 1. The van der Waals surface area contributed by atoms with E-state index in [1.807, 2.05) is 27.8 Å². The molecule has 0 unspecified atom stereocenters. The number of likely N-dealkylation sites (N-methyl/N-ethyl adjacent to an activating group) is 1.